The highest BCUT2D eigenvalue weighted by molar-refractivity contribution is 6.37. The molecule has 1 saturated heterocycles. The average molecular weight is 698 g/mol. The number of aryl methyl sites for hydroxylation is 2. The number of primary amides is 1. The topological polar surface area (TPSA) is 192 Å². The molecule has 1 heterocycles. The Balaban J connectivity index is 1.94. The first-order valence-electron chi connectivity index (χ1n) is 18.1. The van der Waals surface area contributed by atoms with Gasteiger partial charge in [0, 0.05) is 25.0 Å². The number of carbonyl (C=O) groups is 5. The summed E-state index contributed by atoms with van der Waals surface area (Å²) in [5.41, 5.74) is 5.19. The monoisotopic (exact) mass is 697 g/mol. The van der Waals surface area contributed by atoms with E-state index in [1.807, 2.05) is 60.6 Å². The Kier molecular flexibility index (Phi) is 13.8. The van der Waals surface area contributed by atoms with Gasteiger partial charge in [0.25, 0.3) is 5.91 Å². The van der Waals surface area contributed by atoms with Crippen LogP contribution in [0.3, 0.4) is 0 Å². The van der Waals surface area contributed by atoms with E-state index in [9.17, 15) is 29.1 Å². The lowest BCUT2D eigenvalue weighted by Gasteiger charge is -2.36. The third kappa shape index (κ3) is 10.6. The van der Waals surface area contributed by atoms with Gasteiger partial charge in [-0.05, 0) is 87.1 Å². The summed E-state index contributed by atoms with van der Waals surface area (Å²) in [7, 11) is 0. The zero-order valence-electron chi connectivity index (χ0n) is 31.2. The van der Waals surface area contributed by atoms with Crippen molar-refractivity contribution in [2.24, 2.45) is 17.1 Å². The fourth-order valence-electron chi connectivity index (χ4n) is 7.22. The van der Waals surface area contributed by atoms with Crippen LogP contribution in [0.5, 0.6) is 5.75 Å². The lowest BCUT2D eigenvalue weighted by Crippen LogP contribution is -2.59. The first-order chi connectivity index (χ1) is 23.3. The van der Waals surface area contributed by atoms with Crippen LogP contribution in [-0.4, -0.2) is 81.5 Å². The molecule has 0 aromatic heterocycles. The summed E-state index contributed by atoms with van der Waals surface area (Å²) in [6.45, 7) is 14.6. The Morgan fingerprint density at radius 1 is 1.06 bits per heavy atom. The van der Waals surface area contributed by atoms with Crippen molar-refractivity contribution in [3.8, 4) is 5.75 Å². The second-order valence-corrected chi connectivity index (χ2v) is 15.8. The van der Waals surface area contributed by atoms with E-state index in [1.54, 1.807) is 6.92 Å². The highest BCUT2D eigenvalue weighted by Crippen LogP contribution is 2.35. The Hall–Kier alpha value is -3.80. The third-order valence-corrected chi connectivity index (χ3v) is 9.74. The standard InChI is InChI=1S/C38H59N5O7/c1-9-13-28(31(45)34(40)46)41-35(47)29-20-38(49,19-27(39)26-16-23(4)32(24(5)17-26)50-22(2)3)21-43(29)36(48)33(37(6,7)8)42-30(44)18-25-14-11-10-12-15-25/h16-17,22,25,28-29,33,39,49H,9-15,18-21H2,1-8H3,(H2,40,46)(H,41,47)(H,42,44)/t28-,29-,33+,38+/m0/s1. The Morgan fingerprint density at radius 3 is 2.18 bits per heavy atom. The summed E-state index contributed by atoms with van der Waals surface area (Å²) in [4.78, 5) is 67.3. The number of Topliss-reactive ketones (excluding diaryl/α,β-unsaturated/α-hetero) is 1. The molecule has 4 atom stereocenters. The molecule has 1 aromatic carbocycles. The minimum atomic E-state index is -1.69. The van der Waals surface area contributed by atoms with Gasteiger partial charge in [-0.15, -0.1) is 0 Å². The highest BCUT2D eigenvalue weighted by Gasteiger charge is 2.51. The minimum Gasteiger partial charge on any atom is -0.490 e. The number of ketones is 1. The molecule has 12 nitrogen and oxygen atoms in total. The van der Waals surface area contributed by atoms with Crippen LogP contribution in [0.2, 0.25) is 0 Å². The zero-order valence-corrected chi connectivity index (χ0v) is 31.2. The van der Waals surface area contributed by atoms with E-state index >= 15 is 0 Å². The van der Waals surface area contributed by atoms with Crippen molar-refractivity contribution >= 4 is 35.1 Å². The molecule has 1 aliphatic carbocycles. The summed E-state index contributed by atoms with van der Waals surface area (Å²) in [6.07, 6.45) is 5.72. The summed E-state index contributed by atoms with van der Waals surface area (Å²) in [6, 6.07) is 0.181. The van der Waals surface area contributed by atoms with E-state index in [4.69, 9.17) is 15.9 Å². The van der Waals surface area contributed by atoms with E-state index in [-0.39, 0.29) is 49.4 Å². The van der Waals surface area contributed by atoms with Crippen molar-refractivity contribution in [2.45, 2.75) is 149 Å². The largest absolute Gasteiger partial charge is 0.490 e. The zero-order chi connectivity index (χ0) is 37.6. The van der Waals surface area contributed by atoms with Gasteiger partial charge in [0.05, 0.1) is 24.3 Å². The van der Waals surface area contributed by atoms with E-state index in [0.29, 0.717) is 18.4 Å². The van der Waals surface area contributed by atoms with Crippen molar-refractivity contribution in [3.63, 3.8) is 0 Å². The smallest absolute Gasteiger partial charge is 0.287 e. The summed E-state index contributed by atoms with van der Waals surface area (Å²) in [5, 5.41) is 26.6. The van der Waals surface area contributed by atoms with Crippen molar-refractivity contribution < 1.29 is 33.8 Å². The highest BCUT2D eigenvalue weighted by atomic mass is 16.5. The van der Waals surface area contributed by atoms with E-state index < -0.39 is 52.6 Å². The van der Waals surface area contributed by atoms with E-state index in [2.05, 4.69) is 10.6 Å². The third-order valence-electron chi connectivity index (χ3n) is 9.74. The van der Waals surface area contributed by atoms with Gasteiger partial charge >= 0.3 is 0 Å². The van der Waals surface area contributed by atoms with Crippen LogP contribution in [0.1, 0.15) is 122 Å². The first-order valence-corrected chi connectivity index (χ1v) is 18.1. The first kappa shape index (κ1) is 40.6. The summed E-state index contributed by atoms with van der Waals surface area (Å²) in [5.74, 6) is -2.67. The molecule has 2 fully saturated rings. The van der Waals surface area contributed by atoms with Gasteiger partial charge in [0.2, 0.25) is 23.5 Å². The number of aliphatic hydroxyl groups is 1. The quantitative estimate of drug-likeness (QED) is 0.135. The van der Waals surface area contributed by atoms with Crippen LogP contribution in [0.15, 0.2) is 12.1 Å². The maximum Gasteiger partial charge on any atom is 0.287 e. The molecule has 278 valence electrons. The number of rotatable bonds is 15. The molecule has 6 N–H and O–H groups in total. The molecule has 4 amide bonds. The molecule has 0 radical (unpaired) electrons. The molecule has 0 bridgehead atoms. The molecular weight excluding hydrogens is 638 g/mol. The number of nitrogens with one attached hydrogen (secondary N) is 3. The predicted octanol–water partition coefficient (Wildman–Crippen LogP) is 4.02. The molecule has 0 spiro atoms. The molecule has 50 heavy (non-hydrogen) atoms. The number of nitrogens with zero attached hydrogens (tertiary/aromatic N) is 1. The normalized spacial score (nSPS) is 21.0. The van der Waals surface area contributed by atoms with Crippen LogP contribution in [0.4, 0.5) is 0 Å². The van der Waals surface area contributed by atoms with Crippen molar-refractivity contribution in [1.82, 2.24) is 15.5 Å². The van der Waals surface area contributed by atoms with Crippen molar-refractivity contribution in [2.75, 3.05) is 6.54 Å². The number of hydrogen-bond donors (Lipinski definition) is 5. The number of β-amino-alcohol motifs (C(OH)–C–C–N with tert-alkyl or cyclic N) is 1. The number of ether oxygens (including phenoxy) is 1. The van der Waals surface area contributed by atoms with Crippen LogP contribution in [0.25, 0.3) is 0 Å². The van der Waals surface area contributed by atoms with Crippen LogP contribution in [0, 0.1) is 30.6 Å². The number of amides is 4. The number of benzene rings is 1. The average Bonchev–Trinajstić information content (AvgIpc) is 3.37. The second kappa shape index (κ2) is 16.9. The Morgan fingerprint density at radius 2 is 1.66 bits per heavy atom. The maximum atomic E-state index is 14.5. The number of nitrogens with two attached hydrogens (primary N) is 1. The van der Waals surface area contributed by atoms with Crippen LogP contribution in [-0.2, 0) is 24.0 Å². The van der Waals surface area contributed by atoms with Gasteiger partial charge in [0.15, 0.2) is 0 Å². The lowest BCUT2D eigenvalue weighted by molar-refractivity contribution is -0.145. The van der Waals surface area contributed by atoms with E-state index in [1.165, 1.54) is 4.90 Å². The molecule has 1 aromatic rings. The SMILES string of the molecule is CCC[C@H](NC(=O)[C@@H]1C[C@](O)(CC(=N)c2cc(C)c(OC(C)C)c(C)c2)CN1C(=O)[C@@H](NC(=O)CC1CCCCC1)C(C)(C)C)C(=O)C(N)=O. The van der Waals surface area contributed by atoms with Gasteiger partial charge in [-0.25, -0.2) is 0 Å². The van der Waals surface area contributed by atoms with E-state index in [0.717, 1.165) is 49.0 Å². The Labute approximate surface area is 297 Å². The lowest BCUT2D eigenvalue weighted by atomic mass is 9.84. The fraction of sp³-hybridized carbons (Fsp3) is 0.684. The minimum absolute atomic E-state index is 0.0346. The molecule has 0 unspecified atom stereocenters. The molecule has 12 heteroatoms. The Bertz CT molecular complexity index is 1420. The summed E-state index contributed by atoms with van der Waals surface area (Å²) < 4.78 is 5.95. The van der Waals surface area contributed by atoms with Gasteiger partial charge < -0.3 is 36.5 Å². The van der Waals surface area contributed by atoms with Crippen molar-refractivity contribution in [3.05, 3.63) is 28.8 Å². The molecule has 2 aliphatic rings. The molecule has 1 saturated carbocycles. The van der Waals surface area contributed by atoms with Gasteiger partial charge in [-0.2, -0.15) is 0 Å². The number of likely N-dealkylation sites (tertiary alicyclic amines) is 1. The predicted molar refractivity (Wildman–Crippen MR) is 192 cm³/mol. The summed E-state index contributed by atoms with van der Waals surface area (Å²) >= 11 is 0. The van der Waals surface area contributed by atoms with Crippen LogP contribution < -0.4 is 21.1 Å². The number of hydrogen-bond acceptors (Lipinski definition) is 8. The number of carbonyl (C=O) groups excluding carboxylic acids is 5. The van der Waals surface area contributed by atoms with Gasteiger partial charge in [-0.1, -0.05) is 53.4 Å². The maximum absolute atomic E-state index is 14.5. The van der Waals surface area contributed by atoms with Crippen LogP contribution >= 0.6 is 0 Å². The second-order valence-electron chi connectivity index (χ2n) is 15.8. The van der Waals surface area contributed by atoms with Crippen molar-refractivity contribution in [1.29, 1.82) is 5.41 Å². The van der Waals surface area contributed by atoms with Gasteiger partial charge in [0.1, 0.15) is 17.8 Å². The molecule has 1 aliphatic heterocycles. The fourth-order valence-corrected chi connectivity index (χ4v) is 7.22. The van der Waals surface area contributed by atoms with Gasteiger partial charge in [-0.3, -0.25) is 24.0 Å². The molecular formula is C38H59N5O7. The molecule has 3 rings (SSSR count).